The molecule has 2 unspecified atom stereocenters. The molecule has 1 saturated heterocycles. The highest BCUT2D eigenvalue weighted by Crippen LogP contribution is 2.40. The third-order valence-electron chi connectivity index (χ3n) is 3.59. The number of nitrogens with two attached hydrogens (primary N) is 1. The van der Waals surface area contributed by atoms with Crippen LogP contribution in [-0.2, 0) is 0 Å². The first kappa shape index (κ1) is 14.3. The largest absolute Gasteiger partial charge is 0.326 e. The van der Waals surface area contributed by atoms with Crippen LogP contribution in [0.25, 0.3) is 0 Å². The zero-order valence-electron chi connectivity index (χ0n) is 11.1. The minimum Gasteiger partial charge on any atom is -0.326 e. The predicted molar refractivity (Wildman–Crippen MR) is 80.9 cm³/mol. The molecule has 2 nitrogen and oxygen atoms in total. The second kappa shape index (κ2) is 5.12. The highest BCUT2D eigenvalue weighted by Gasteiger charge is 2.39. The summed E-state index contributed by atoms with van der Waals surface area (Å²) < 4.78 is 1.05. The Morgan fingerprint density at radius 1 is 1.39 bits per heavy atom. The van der Waals surface area contributed by atoms with E-state index in [0.29, 0.717) is 0 Å². The normalized spacial score (nSPS) is 25.7. The van der Waals surface area contributed by atoms with Crippen LogP contribution in [0, 0.1) is 0 Å². The Balaban J connectivity index is 2.40. The molecular weight excluding hydrogens is 312 g/mol. The molecule has 0 aromatic heterocycles. The van der Waals surface area contributed by atoms with Crippen molar-refractivity contribution in [3.8, 4) is 0 Å². The number of hydrogen-bond acceptors (Lipinski definition) is 2. The van der Waals surface area contributed by atoms with Crippen LogP contribution in [-0.4, -0.2) is 23.0 Å². The molecule has 1 aliphatic heterocycles. The summed E-state index contributed by atoms with van der Waals surface area (Å²) in [7, 11) is 0. The molecule has 1 aromatic carbocycles. The summed E-state index contributed by atoms with van der Waals surface area (Å²) in [6.07, 6.45) is 1.04. The van der Waals surface area contributed by atoms with E-state index in [0.717, 1.165) is 22.5 Å². The second-order valence-electron chi connectivity index (χ2n) is 5.93. The molecule has 0 bridgehead atoms. The highest BCUT2D eigenvalue weighted by molar-refractivity contribution is 9.10. The number of hydrogen-bond donors (Lipinski definition) is 1. The van der Waals surface area contributed by atoms with Gasteiger partial charge < -0.3 is 5.73 Å². The van der Waals surface area contributed by atoms with E-state index in [-0.39, 0.29) is 17.6 Å². The van der Waals surface area contributed by atoms with Gasteiger partial charge in [0.25, 0.3) is 0 Å². The van der Waals surface area contributed by atoms with E-state index >= 15 is 0 Å². The van der Waals surface area contributed by atoms with Crippen LogP contribution in [0.4, 0.5) is 0 Å². The van der Waals surface area contributed by atoms with E-state index in [1.54, 1.807) is 0 Å². The summed E-state index contributed by atoms with van der Waals surface area (Å²) in [4.78, 5) is 2.48. The van der Waals surface area contributed by atoms with Gasteiger partial charge in [-0.2, -0.15) is 0 Å². The van der Waals surface area contributed by atoms with Gasteiger partial charge in [0.05, 0.1) is 6.04 Å². The van der Waals surface area contributed by atoms with E-state index < -0.39 is 0 Å². The third kappa shape index (κ3) is 2.74. The Kier molecular flexibility index (Phi) is 4.07. The minimum atomic E-state index is 0.123. The van der Waals surface area contributed by atoms with Gasteiger partial charge in [0.15, 0.2) is 0 Å². The predicted octanol–water partition coefficient (Wildman–Crippen LogP) is 3.98. The summed E-state index contributed by atoms with van der Waals surface area (Å²) >= 11 is 9.62. The van der Waals surface area contributed by atoms with Crippen LogP contribution >= 0.6 is 27.5 Å². The molecule has 4 heteroatoms. The highest BCUT2D eigenvalue weighted by atomic mass is 79.9. The summed E-state index contributed by atoms with van der Waals surface area (Å²) in [5.74, 6) is 0. The van der Waals surface area contributed by atoms with Gasteiger partial charge in [-0.25, -0.2) is 0 Å². The molecule has 2 atom stereocenters. The monoisotopic (exact) mass is 330 g/mol. The van der Waals surface area contributed by atoms with Crippen LogP contribution in [0.5, 0.6) is 0 Å². The van der Waals surface area contributed by atoms with Crippen LogP contribution in [0.1, 0.15) is 38.8 Å². The Bertz CT molecular complexity index is 442. The fourth-order valence-corrected chi connectivity index (χ4v) is 3.63. The van der Waals surface area contributed by atoms with Crippen molar-refractivity contribution in [2.45, 2.75) is 44.8 Å². The molecule has 18 heavy (non-hydrogen) atoms. The number of halogens is 2. The summed E-state index contributed by atoms with van der Waals surface area (Å²) in [5, 5.41) is 0.750. The number of nitrogens with zero attached hydrogens (tertiary/aromatic N) is 1. The van der Waals surface area contributed by atoms with Crippen LogP contribution in [0.15, 0.2) is 22.7 Å². The molecule has 0 spiro atoms. The van der Waals surface area contributed by atoms with Gasteiger partial charge in [-0.1, -0.05) is 33.6 Å². The Morgan fingerprint density at radius 3 is 2.61 bits per heavy atom. The summed E-state index contributed by atoms with van der Waals surface area (Å²) in [6.45, 7) is 7.76. The first-order chi connectivity index (χ1) is 8.30. The Labute approximate surface area is 123 Å². The molecule has 1 aromatic rings. The quantitative estimate of drug-likeness (QED) is 0.843. The molecule has 1 heterocycles. The SMILES string of the molecule is CC(C)(C)N1CCC(N)C1c1ccc(Cl)cc1Br. The van der Waals surface area contributed by atoms with E-state index in [9.17, 15) is 0 Å². The van der Waals surface area contributed by atoms with Gasteiger partial charge in [0, 0.05) is 27.6 Å². The van der Waals surface area contributed by atoms with Gasteiger partial charge in [-0.05, 0) is 44.9 Å². The average Bonchev–Trinajstić information content (AvgIpc) is 2.60. The van der Waals surface area contributed by atoms with E-state index in [4.69, 9.17) is 17.3 Å². The minimum absolute atomic E-state index is 0.123. The fourth-order valence-electron chi connectivity index (χ4n) is 2.71. The van der Waals surface area contributed by atoms with Crippen molar-refractivity contribution in [2.24, 2.45) is 5.73 Å². The first-order valence-electron chi connectivity index (χ1n) is 6.28. The Morgan fingerprint density at radius 2 is 2.06 bits per heavy atom. The number of likely N-dealkylation sites (tertiary alicyclic amines) is 1. The smallest absolute Gasteiger partial charge is 0.0516 e. The van der Waals surface area contributed by atoms with Crippen molar-refractivity contribution in [1.29, 1.82) is 0 Å². The van der Waals surface area contributed by atoms with Crippen molar-refractivity contribution in [2.75, 3.05) is 6.54 Å². The topological polar surface area (TPSA) is 29.3 Å². The lowest BCUT2D eigenvalue weighted by atomic mass is 9.97. The van der Waals surface area contributed by atoms with Crippen molar-refractivity contribution in [3.63, 3.8) is 0 Å². The van der Waals surface area contributed by atoms with Crippen LogP contribution in [0.2, 0.25) is 5.02 Å². The lowest BCUT2D eigenvalue weighted by molar-refractivity contribution is 0.116. The molecule has 2 rings (SSSR count). The standard InChI is InChI=1S/C14H20BrClN2/c1-14(2,3)18-7-6-12(17)13(18)10-5-4-9(16)8-11(10)15/h4-5,8,12-13H,6-7,17H2,1-3H3. The maximum atomic E-state index is 6.31. The molecule has 1 aliphatic rings. The molecule has 1 fully saturated rings. The summed E-state index contributed by atoms with van der Waals surface area (Å²) in [6, 6.07) is 6.41. The van der Waals surface area contributed by atoms with E-state index in [1.807, 2.05) is 12.1 Å². The molecule has 2 N–H and O–H groups in total. The maximum absolute atomic E-state index is 6.31. The fraction of sp³-hybridized carbons (Fsp3) is 0.571. The van der Waals surface area contributed by atoms with E-state index in [2.05, 4.69) is 47.7 Å². The zero-order valence-corrected chi connectivity index (χ0v) is 13.4. The lowest BCUT2D eigenvalue weighted by Gasteiger charge is -2.38. The van der Waals surface area contributed by atoms with Crippen LogP contribution < -0.4 is 5.73 Å². The molecule has 0 saturated carbocycles. The van der Waals surface area contributed by atoms with Gasteiger partial charge in [-0.3, -0.25) is 4.90 Å². The average molecular weight is 332 g/mol. The molecule has 0 aliphatic carbocycles. The molecule has 100 valence electrons. The molecular formula is C14H20BrClN2. The van der Waals surface area contributed by atoms with Crippen molar-refractivity contribution < 1.29 is 0 Å². The number of benzene rings is 1. The first-order valence-corrected chi connectivity index (χ1v) is 7.45. The van der Waals surface area contributed by atoms with Gasteiger partial charge in [-0.15, -0.1) is 0 Å². The molecule has 0 radical (unpaired) electrons. The van der Waals surface area contributed by atoms with Crippen LogP contribution in [0.3, 0.4) is 0 Å². The molecule has 0 amide bonds. The second-order valence-corrected chi connectivity index (χ2v) is 7.22. The summed E-state index contributed by atoms with van der Waals surface area (Å²) in [5.41, 5.74) is 7.67. The lowest BCUT2D eigenvalue weighted by Crippen LogP contribution is -2.43. The Hall–Kier alpha value is -0.0900. The van der Waals surface area contributed by atoms with Gasteiger partial charge >= 0.3 is 0 Å². The van der Waals surface area contributed by atoms with Crippen molar-refractivity contribution in [3.05, 3.63) is 33.3 Å². The van der Waals surface area contributed by atoms with Crippen molar-refractivity contribution >= 4 is 27.5 Å². The van der Waals surface area contributed by atoms with Gasteiger partial charge in [0.1, 0.15) is 0 Å². The maximum Gasteiger partial charge on any atom is 0.0516 e. The number of rotatable bonds is 1. The zero-order chi connectivity index (χ0) is 13.5. The van der Waals surface area contributed by atoms with E-state index in [1.165, 1.54) is 5.56 Å². The third-order valence-corrected chi connectivity index (χ3v) is 4.51. The van der Waals surface area contributed by atoms with Gasteiger partial charge in [0.2, 0.25) is 0 Å². The van der Waals surface area contributed by atoms with Crippen molar-refractivity contribution in [1.82, 2.24) is 4.90 Å².